The van der Waals surface area contributed by atoms with E-state index >= 15 is 0 Å². The molecule has 4 heteroatoms. The van der Waals surface area contributed by atoms with Gasteiger partial charge in [-0.05, 0) is 29.7 Å². The van der Waals surface area contributed by atoms with E-state index < -0.39 is 0 Å². The van der Waals surface area contributed by atoms with Gasteiger partial charge in [-0.2, -0.15) is 5.10 Å². The van der Waals surface area contributed by atoms with Crippen molar-refractivity contribution in [3.05, 3.63) is 52.3 Å². The van der Waals surface area contributed by atoms with Crippen molar-refractivity contribution in [1.29, 1.82) is 0 Å². The van der Waals surface area contributed by atoms with Gasteiger partial charge >= 0.3 is 0 Å². The quantitative estimate of drug-likeness (QED) is 0.940. The van der Waals surface area contributed by atoms with Gasteiger partial charge in [-0.15, -0.1) is 0 Å². The first kappa shape index (κ1) is 12.3. The van der Waals surface area contributed by atoms with E-state index in [1.54, 1.807) is 10.9 Å². The Bertz CT molecular complexity index is 478. The van der Waals surface area contributed by atoms with Gasteiger partial charge in [0.15, 0.2) is 0 Å². The third-order valence-electron chi connectivity index (χ3n) is 2.61. The second kappa shape index (κ2) is 5.47. The van der Waals surface area contributed by atoms with Gasteiger partial charge in [0.2, 0.25) is 0 Å². The number of aryl methyl sites for hydroxylation is 1. The van der Waals surface area contributed by atoms with Gasteiger partial charge < -0.3 is 5.11 Å². The van der Waals surface area contributed by atoms with Crippen LogP contribution in [0.15, 0.2) is 41.1 Å². The van der Waals surface area contributed by atoms with Crippen molar-refractivity contribution >= 4 is 15.9 Å². The van der Waals surface area contributed by atoms with Gasteiger partial charge in [-0.3, -0.25) is 4.68 Å². The van der Waals surface area contributed by atoms with Crippen LogP contribution in [-0.2, 0) is 19.9 Å². The first-order valence-electron chi connectivity index (χ1n) is 5.53. The van der Waals surface area contributed by atoms with E-state index in [4.69, 9.17) is 0 Å². The van der Waals surface area contributed by atoms with E-state index in [0.717, 1.165) is 15.6 Å². The minimum atomic E-state index is -0.361. The van der Waals surface area contributed by atoms with Gasteiger partial charge in [-0.1, -0.05) is 28.1 Å². The Labute approximate surface area is 109 Å². The standard InChI is InChI=1S/C13H15BrN2O/c1-16-9-11(8-15-16)7-13(17)6-10-2-4-12(14)5-3-10/h2-5,8-9,13,17H,6-7H2,1H3. The summed E-state index contributed by atoms with van der Waals surface area (Å²) >= 11 is 3.39. The van der Waals surface area contributed by atoms with Crippen LogP contribution in [0, 0.1) is 0 Å². The first-order valence-corrected chi connectivity index (χ1v) is 6.33. The van der Waals surface area contributed by atoms with Crippen molar-refractivity contribution in [2.75, 3.05) is 0 Å². The van der Waals surface area contributed by atoms with E-state index in [2.05, 4.69) is 21.0 Å². The summed E-state index contributed by atoms with van der Waals surface area (Å²) in [6.45, 7) is 0. The summed E-state index contributed by atoms with van der Waals surface area (Å²) in [7, 11) is 1.88. The molecule has 17 heavy (non-hydrogen) atoms. The van der Waals surface area contributed by atoms with Crippen molar-refractivity contribution in [3.8, 4) is 0 Å². The second-order valence-electron chi connectivity index (χ2n) is 4.21. The molecular formula is C13H15BrN2O. The zero-order chi connectivity index (χ0) is 12.3. The van der Waals surface area contributed by atoms with Crippen LogP contribution in [0.25, 0.3) is 0 Å². The second-order valence-corrected chi connectivity index (χ2v) is 5.13. The Morgan fingerprint density at radius 1 is 1.24 bits per heavy atom. The van der Waals surface area contributed by atoms with Crippen LogP contribution in [0.1, 0.15) is 11.1 Å². The molecule has 2 aromatic rings. The van der Waals surface area contributed by atoms with E-state index in [0.29, 0.717) is 12.8 Å². The number of benzene rings is 1. The number of aromatic nitrogens is 2. The Balaban J connectivity index is 1.93. The summed E-state index contributed by atoms with van der Waals surface area (Å²) in [5.74, 6) is 0. The number of rotatable bonds is 4. The molecule has 1 aromatic heterocycles. The molecule has 0 saturated carbocycles. The Kier molecular flexibility index (Phi) is 3.97. The third kappa shape index (κ3) is 3.68. The maximum atomic E-state index is 9.99. The van der Waals surface area contributed by atoms with Gasteiger partial charge in [0, 0.05) is 24.1 Å². The Hall–Kier alpha value is -1.13. The molecule has 0 fully saturated rings. The molecule has 3 nitrogen and oxygen atoms in total. The van der Waals surface area contributed by atoms with Crippen molar-refractivity contribution in [2.45, 2.75) is 18.9 Å². The summed E-state index contributed by atoms with van der Waals surface area (Å²) < 4.78 is 2.81. The van der Waals surface area contributed by atoms with Crippen molar-refractivity contribution in [1.82, 2.24) is 9.78 Å². The fraction of sp³-hybridized carbons (Fsp3) is 0.308. The van der Waals surface area contributed by atoms with Crippen LogP contribution in [0.3, 0.4) is 0 Å². The average molecular weight is 295 g/mol. The van der Waals surface area contributed by atoms with E-state index in [-0.39, 0.29) is 6.10 Å². The van der Waals surface area contributed by atoms with Crippen LogP contribution in [0.5, 0.6) is 0 Å². The summed E-state index contributed by atoms with van der Waals surface area (Å²) in [6, 6.07) is 8.03. The van der Waals surface area contributed by atoms with E-state index in [1.807, 2.05) is 37.5 Å². The highest BCUT2D eigenvalue weighted by Crippen LogP contribution is 2.13. The number of hydrogen-bond acceptors (Lipinski definition) is 2. The molecule has 0 aliphatic rings. The van der Waals surface area contributed by atoms with E-state index in [1.165, 1.54) is 0 Å². The fourth-order valence-electron chi connectivity index (χ4n) is 1.81. The zero-order valence-corrected chi connectivity index (χ0v) is 11.3. The first-order chi connectivity index (χ1) is 8.13. The predicted molar refractivity (Wildman–Crippen MR) is 70.8 cm³/mol. The van der Waals surface area contributed by atoms with Crippen LogP contribution in [0.4, 0.5) is 0 Å². The molecule has 1 atom stereocenters. The zero-order valence-electron chi connectivity index (χ0n) is 9.68. The normalized spacial score (nSPS) is 12.6. The van der Waals surface area contributed by atoms with Crippen LogP contribution >= 0.6 is 15.9 Å². The van der Waals surface area contributed by atoms with Gasteiger partial charge in [-0.25, -0.2) is 0 Å². The lowest BCUT2D eigenvalue weighted by Gasteiger charge is -2.09. The van der Waals surface area contributed by atoms with Gasteiger partial charge in [0.05, 0.1) is 12.3 Å². The number of nitrogens with zero attached hydrogens (tertiary/aromatic N) is 2. The molecule has 0 radical (unpaired) electrons. The molecular weight excluding hydrogens is 280 g/mol. The Morgan fingerprint density at radius 3 is 2.47 bits per heavy atom. The minimum absolute atomic E-state index is 0.361. The summed E-state index contributed by atoms with van der Waals surface area (Å²) in [4.78, 5) is 0. The molecule has 1 unspecified atom stereocenters. The molecule has 0 spiro atoms. The molecule has 1 N–H and O–H groups in total. The fourth-order valence-corrected chi connectivity index (χ4v) is 2.08. The molecule has 1 aromatic carbocycles. The molecule has 0 bridgehead atoms. The molecule has 90 valence electrons. The van der Waals surface area contributed by atoms with Crippen molar-refractivity contribution in [2.24, 2.45) is 7.05 Å². The van der Waals surface area contributed by atoms with Crippen LogP contribution in [0.2, 0.25) is 0 Å². The molecule has 0 aliphatic heterocycles. The van der Waals surface area contributed by atoms with Gasteiger partial charge in [0.25, 0.3) is 0 Å². The molecule has 0 aliphatic carbocycles. The summed E-state index contributed by atoms with van der Waals surface area (Å²) in [5.41, 5.74) is 2.21. The summed E-state index contributed by atoms with van der Waals surface area (Å²) in [5, 5.41) is 14.1. The predicted octanol–water partition coefficient (Wildman–Crippen LogP) is 2.33. The number of hydrogen-bond donors (Lipinski definition) is 1. The van der Waals surface area contributed by atoms with Crippen molar-refractivity contribution in [3.63, 3.8) is 0 Å². The van der Waals surface area contributed by atoms with Crippen molar-refractivity contribution < 1.29 is 5.11 Å². The lowest BCUT2D eigenvalue weighted by Crippen LogP contribution is -2.13. The maximum absolute atomic E-state index is 9.99. The average Bonchev–Trinajstić information content (AvgIpc) is 2.67. The highest BCUT2D eigenvalue weighted by Gasteiger charge is 2.08. The highest BCUT2D eigenvalue weighted by atomic mass is 79.9. The molecule has 0 saturated heterocycles. The number of aliphatic hydroxyl groups is 1. The minimum Gasteiger partial charge on any atom is -0.392 e. The largest absolute Gasteiger partial charge is 0.392 e. The lowest BCUT2D eigenvalue weighted by atomic mass is 10.0. The third-order valence-corrected chi connectivity index (χ3v) is 3.14. The molecule has 1 heterocycles. The molecule has 0 amide bonds. The smallest absolute Gasteiger partial charge is 0.0622 e. The topological polar surface area (TPSA) is 38.0 Å². The Morgan fingerprint density at radius 2 is 1.88 bits per heavy atom. The summed E-state index contributed by atoms with van der Waals surface area (Å²) in [6.07, 6.45) is 4.68. The van der Waals surface area contributed by atoms with E-state index in [9.17, 15) is 5.11 Å². The van der Waals surface area contributed by atoms with Gasteiger partial charge in [0.1, 0.15) is 0 Å². The number of halogens is 1. The lowest BCUT2D eigenvalue weighted by molar-refractivity contribution is 0.175. The van der Waals surface area contributed by atoms with Crippen LogP contribution in [-0.4, -0.2) is 21.0 Å². The highest BCUT2D eigenvalue weighted by molar-refractivity contribution is 9.10. The van der Waals surface area contributed by atoms with Crippen LogP contribution < -0.4 is 0 Å². The SMILES string of the molecule is Cn1cc(CC(O)Cc2ccc(Br)cc2)cn1. The maximum Gasteiger partial charge on any atom is 0.0622 e. The molecule has 2 rings (SSSR count). The monoisotopic (exact) mass is 294 g/mol. The number of aliphatic hydroxyl groups excluding tert-OH is 1.